The van der Waals surface area contributed by atoms with Crippen LogP contribution in [0.1, 0.15) is 5.56 Å². The Morgan fingerprint density at radius 1 is 1.24 bits per heavy atom. The summed E-state index contributed by atoms with van der Waals surface area (Å²) in [4.78, 5) is 0. The standard InChI is InChI=1S/C11H9F3N2O/c1-7-6-15-16-10(7)8-4-2-3-5-9(8)17-11(12,13)14/h2-6H,1H3,(H,15,16). The summed E-state index contributed by atoms with van der Waals surface area (Å²) in [6, 6.07) is 5.93. The van der Waals surface area contributed by atoms with Crippen molar-refractivity contribution in [1.82, 2.24) is 10.2 Å². The van der Waals surface area contributed by atoms with Gasteiger partial charge in [0.15, 0.2) is 0 Å². The van der Waals surface area contributed by atoms with E-state index in [2.05, 4.69) is 14.9 Å². The molecular formula is C11H9F3N2O. The Labute approximate surface area is 95.2 Å². The highest BCUT2D eigenvalue weighted by molar-refractivity contribution is 5.69. The predicted molar refractivity (Wildman–Crippen MR) is 55.4 cm³/mol. The van der Waals surface area contributed by atoms with Crippen LogP contribution < -0.4 is 4.74 Å². The Morgan fingerprint density at radius 2 is 1.94 bits per heavy atom. The van der Waals surface area contributed by atoms with Crippen molar-refractivity contribution in [2.75, 3.05) is 0 Å². The number of halogens is 3. The smallest absolute Gasteiger partial charge is 0.405 e. The van der Waals surface area contributed by atoms with Crippen LogP contribution in [0.3, 0.4) is 0 Å². The Hall–Kier alpha value is -1.98. The topological polar surface area (TPSA) is 37.9 Å². The molecule has 1 aromatic heterocycles. The number of nitrogens with one attached hydrogen (secondary N) is 1. The molecule has 90 valence electrons. The second kappa shape index (κ2) is 4.12. The lowest BCUT2D eigenvalue weighted by Crippen LogP contribution is -2.17. The lowest BCUT2D eigenvalue weighted by molar-refractivity contribution is -0.274. The molecule has 0 saturated heterocycles. The molecule has 6 heteroatoms. The van der Waals surface area contributed by atoms with Crippen molar-refractivity contribution in [2.45, 2.75) is 13.3 Å². The Kier molecular flexibility index (Phi) is 2.79. The number of hydrogen-bond acceptors (Lipinski definition) is 2. The number of alkyl halides is 3. The van der Waals surface area contributed by atoms with Gasteiger partial charge in [-0.15, -0.1) is 13.2 Å². The largest absolute Gasteiger partial charge is 0.573 e. The van der Waals surface area contributed by atoms with E-state index >= 15 is 0 Å². The van der Waals surface area contributed by atoms with E-state index in [0.717, 1.165) is 5.56 Å². The van der Waals surface area contributed by atoms with E-state index in [0.29, 0.717) is 11.3 Å². The maximum absolute atomic E-state index is 12.2. The van der Waals surface area contributed by atoms with Crippen molar-refractivity contribution >= 4 is 0 Å². The molecule has 0 fully saturated rings. The maximum Gasteiger partial charge on any atom is 0.573 e. The number of ether oxygens (including phenoxy) is 1. The number of rotatable bonds is 2. The molecule has 0 aliphatic rings. The van der Waals surface area contributed by atoms with Crippen LogP contribution in [-0.2, 0) is 0 Å². The third-order valence-electron chi connectivity index (χ3n) is 2.21. The van der Waals surface area contributed by atoms with Crippen LogP contribution in [0.5, 0.6) is 5.75 Å². The highest BCUT2D eigenvalue weighted by atomic mass is 19.4. The van der Waals surface area contributed by atoms with Gasteiger partial charge in [-0.05, 0) is 24.6 Å². The molecule has 0 saturated carbocycles. The Balaban J connectivity index is 2.45. The lowest BCUT2D eigenvalue weighted by Gasteiger charge is -2.12. The van der Waals surface area contributed by atoms with E-state index in [1.54, 1.807) is 25.3 Å². The van der Waals surface area contributed by atoms with Gasteiger partial charge in [-0.2, -0.15) is 5.10 Å². The summed E-state index contributed by atoms with van der Waals surface area (Å²) in [5, 5.41) is 6.42. The lowest BCUT2D eigenvalue weighted by atomic mass is 10.1. The zero-order chi connectivity index (χ0) is 12.5. The highest BCUT2D eigenvalue weighted by Crippen LogP contribution is 2.33. The van der Waals surface area contributed by atoms with Gasteiger partial charge in [0.25, 0.3) is 0 Å². The Bertz CT molecular complexity index is 519. The first kappa shape index (κ1) is 11.5. The third kappa shape index (κ3) is 2.58. The average Bonchev–Trinajstić information content (AvgIpc) is 2.63. The van der Waals surface area contributed by atoms with E-state index < -0.39 is 6.36 Å². The van der Waals surface area contributed by atoms with Gasteiger partial charge in [0.05, 0.1) is 11.9 Å². The maximum atomic E-state index is 12.2. The molecule has 0 bridgehead atoms. The zero-order valence-corrected chi connectivity index (χ0v) is 8.88. The van der Waals surface area contributed by atoms with Crippen molar-refractivity contribution in [1.29, 1.82) is 0 Å². The van der Waals surface area contributed by atoms with Gasteiger partial charge < -0.3 is 4.74 Å². The van der Waals surface area contributed by atoms with Crippen molar-refractivity contribution in [3.63, 3.8) is 0 Å². The van der Waals surface area contributed by atoms with E-state index in [-0.39, 0.29) is 5.75 Å². The van der Waals surface area contributed by atoms with Gasteiger partial charge in [0.1, 0.15) is 5.75 Å². The van der Waals surface area contributed by atoms with Crippen LogP contribution in [-0.4, -0.2) is 16.6 Å². The first-order valence-electron chi connectivity index (χ1n) is 4.82. The Morgan fingerprint density at radius 3 is 2.53 bits per heavy atom. The van der Waals surface area contributed by atoms with Gasteiger partial charge in [-0.25, -0.2) is 0 Å². The summed E-state index contributed by atoms with van der Waals surface area (Å²) in [5.74, 6) is -0.243. The molecular weight excluding hydrogens is 233 g/mol. The fourth-order valence-electron chi connectivity index (χ4n) is 1.51. The van der Waals surface area contributed by atoms with Gasteiger partial charge in [0, 0.05) is 5.56 Å². The van der Waals surface area contributed by atoms with Crippen molar-refractivity contribution in [3.05, 3.63) is 36.0 Å². The molecule has 0 spiro atoms. The van der Waals surface area contributed by atoms with E-state index in [4.69, 9.17) is 0 Å². The summed E-state index contributed by atoms with van der Waals surface area (Å²) in [6.45, 7) is 1.75. The third-order valence-corrected chi connectivity index (χ3v) is 2.21. The first-order chi connectivity index (χ1) is 7.97. The monoisotopic (exact) mass is 242 g/mol. The van der Waals surface area contributed by atoms with Crippen molar-refractivity contribution < 1.29 is 17.9 Å². The number of nitrogens with zero attached hydrogens (tertiary/aromatic N) is 1. The molecule has 0 unspecified atom stereocenters. The SMILES string of the molecule is Cc1cn[nH]c1-c1ccccc1OC(F)(F)F. The van der Waals surface area contributed by atoms with Crippen LogP contribution in [0, 0.1) is 6.92 Å². The molecule has 1 aromatic carbocycles. The summed E-state index contributed by atoms with van der Waals surface area (Å²) in [5.41, 5.74) is 1.60. The second-order valence-electron chi connectivity index (χ2n) is 3.47. The van der Waals surface area contributed by atoms with Crippen LogP contribution >= 0.6 is 0 Å². The van der Waals surface area contributed by atoms with Crippen molar-refractivity contribution in [3.8, 4) is 17.0 Å². The normalized spacial score (nSPS) is 11.5. The first-order valence-corrected chi connectivity index (χ1v) is 4.82. The van der Waals surface area contributed by atoms with Gasteiger partial charge in [0.2, 0.25) is 0 Å². The fourth-order valence-corrected chi connectivity index (χ4v) is 1.51. The number of aromatic nitrogens is 2. The summed E-state index contributed by atoms with van der Waals surface area (Å²) >= 11 is 0. The van der Waals surface area contributed by atoms with E-state index in [1.165, 1.54) is 12.1 Å². The number of aryl methyl sites for hydroxylation is 1. The second-order valence-corrected chi connectivity index (χ2v) is 3.47. The predicted octanol–water partition coefficient (Wildman–Crippen LogP) is 3.28. The number of para-hydroxylation sites is 1. The quantitative estimate of drug-likeness (QED) is 0.877. The molecule has 0 atom stereocenters. The van der Waals surface area contributed by atoms with E-state index in [9.17, 15) is 13.2 Å². The molecule has 0 aliphatic heterocycles. The number of hydrogen-bond donors (Lipinski definition) is 1. The molecule has 1 N–H and O–H groups in total. The van der Waals surface area contributed by atoms with Crippen LogP contribution in [0.25, 0.3) is 11.3 Å². The summed E-state index contributed by atoms with van der Waals surface area (Å²) < 4.78 is 40.6. The molecule has 17 heavy (non-hydrogen) atoms. The minimum atomic E-state index is -4.70. The molecule has 2 rings (SSSR count). The minimum absolute atomic E-state index is 0.243. The molecule has 0 amide bonds. The number of benzene rings is 1. The zero-order valence-electron chi connectivity index (χ0n) is 8.88. The van der Waals surface area contributed by atoms with Crippen LogP contribution in [0.4, 0.5) is 13.2 Å². The molecule has 0 aliphatic carbocycles. The summed E-state index contributed by atoms with van der Waals surface area (Å²) in [6.07, 6.45) is -3.16. The van der Waals surface area contributed by atoms with Gasteiger partial charge >= 0.3 is 6.36 Å². The minimum Gasteiger partial charge on any atom is -0.405 e. The number of aromatic amines is 1. The highest BCUT2D eigenvalue weighted by Gasteiger charge is 2.32. The molecule has 1 heterocycles. The van der Waals surface area contributed by atoms with E-state index in [1.807, 2.05) is 0 Å². The van der Waals surface area contributed by atoms with Crippen molar-refractivity contribution in [2.24, 2.45) is 0 Å². The fraction of sp³-hybridized carbons (Fsp3) is 0.182. The van der Waals surface area contributed by atoms with Crippen LogP contribution in [0.15, 0.2) is 30.5 Å². The van der Waals surface area contributed by atoms with Crippen LogP contribution in [0.2, 0.25) is 0 Å². The number of H-pyrrole nitrogens is 1. The van der Waals surface area contributed by atoms with Gasteiger partial charge in [-0.1, -0.05) is 12.1 Å². The molecule has 2 aromatic rings. The summed E-state index contributed by atoms with van der Waals surface area (Å²) in [7, 11) is 0. The average molecular weight is 242 g/mol. The molecule has 3 nitrogen and oxygen atoms in total. The van der Waals surface area contributed by atoms with Gasteiger partial charge in [-0.3, -0.25) is 5.10 Å². The molecule has 0 radical (unpaired) electrons.